The Kier molecular flexibility index (Phi) is 2.26. The predicted molar refractivity (Wildman–Crippen MR) is 57.7 cm³/mol. The lowest BCUT2D eigenvalue weighted by molar-refractivity contribution is 0.591. The minimum Gasteiger partial charge on any atom is -0.290 e. The number of imidazole rings is 1. The second-order valence-electron chi connectivity index (χ2n) is 3.33. The van der Waals surface area contributed by atoms with Gasteiger partial charge in [0.2, 0.25) is 0 Å². The van der Waals surface area contributed by atoms with Gasteiger partial charge in [0.05, 0.1) is 11.4 Å². The van der Waals surface area contributed by atoms with Crippen molar-refractivity contribution in [1.29, 1.82) is 0 Å². The minimum atomic E-state index is -3.21. The molecule has 0 fully saturated rings. The van der Waals surface area contributed by atoms with E-state index in [9.17, 15) is 8.42 Å². The summed E-state index contributed by atoms with van der Waals surface area (Å²) in [7, 11) is -3.21. The van der Waals surface area contributed by atoms with Gasteiger partial charge < -0.3 is 0 Å². The molecule has 2 aromatic heterocycles. The fourth-order valence-electron chi connectivity index (χ4n) is 1.60. The summed E-state index contributed by atoms with van der Waals surface area (Å²) in [6.45, 7) is 3.35. The van der Waals surface area contributed by atoms with Crippen LogP contribution in [0.4, 0.5) is 0 Å². The molecule has 0 saturated carbocycles. The van der Waals surface area contributed by atoms with Gasteiger partial charge >= 0.3 is 0 Å². The van der Waals surface area contributed by atoms with E-state index in [1.807, 2.05) is 6.07 Å². The maximum atomic E-state index is 11.8. The van der Waals surface area contributed by atoms with E-state index in [4.69, 9.17) is 0 Å². The zero-order valence-electron chi connectivity index (χ0n) is 8.64. The van der Waals surface area contributed by atoms with Crippen molar-refractivity contribution in [3.05, 3.63) is 30.1 Å². The van der Waals surface area contributed by atoms with Gasteiger partial charge in [0.1, 0.15) is 5.65 Å². The molecule has 5 heteroatoms. The van der Waals surface area contributed by atoms with Gasteiger partial charge in [-0.15, -0.1) is 0 Å². The molecule has 0 radical (unpaired) electrons. The smallest absolute Gasteiger partial charge is 0.195 e. The lowest BCUT2D eigenvalue weighted by Gasteiger charge is -2.01. The molecule has 15 heavy (non-hydrogen) atoms. The van der Waals surface area contributed by atoms with E-state index in [0.29, 0.717) is 16.4 Å². The first-order valence-electron chi connectivity index (χ1n) is 4.72. The number of rotatable bonds is 2. The average molecular weight is 224 g/mol. The van der Waals surface area contributed by atoms with Gasteiger partial charge in [-0.3, -0.25) is 4.40 Å². The zero-order chi connectivity index (χ0) is 11.1. The summed E-state index contributed by atoms with van der Waals surface area (Å²) in [5, 5.41) is 0.306. The zero-order valence-corrected chi connectivity index (χ0v) is 9.45. The van der Waals surface area contributed by atoms with Crippen molar-refractivity contribution < 1.29 is 8.42 Å². The van der Waals surface area contributed by atoms with Crippen molar-refractivity contribution >= 4 is 15.5 Å². The number of sulfone groups is 1. The van der Waals surface area contributed by atoms with E-state index in [0.717, 1.165) is 0 Å². The van der Waals surface area contributed by atoms with Crippen LogP contribution in [0.1, 0.15) is 12.6 Å². The van der Waals surface area contributed by atoms with Crippen molar-refractivity contribution in [2.24, 2.45) is 0 Å². The predicted octanol–water partition coefficient (Wildman–Crippen LogP) is 1.44. The van der Waals surface area contributed by atoms with Crippen LogP contribution in [-0.4, -0.2) is 23.6 Å². The molecule has 2 aromatic rings. The quantitative estimate of drug-likeness (QED) is 0.775. The average Bonchev–Trinajstić information content (AvgIpc) is 2.54. The monoisotopic (exact) mass is 224 g/mol. The van der Waals surface area contributed by atoms with Crippen LogP contribution in [0.5, 0.6) is 0 Å². The molecule has 2 heterocycles. The molecule has 0 aromatic carbocycles. The van der Waals surface area contributed by atoms with E-state index in [-0.39, 0.29) is 5.75 Å². The van der Waals surface area contributed by atoms with Crippen molar-refractivity contribution in [3.8, 4) is 0 Å². The first kappa shape index (κ1) is 10.2. The Morgan fingerprint density at radius 2 is 2.13 bits per heavy atom. The van der Waals surface area contributed by atoms with Crippen LogP contribution in [0, 0.1) is 6.92 Å². The normalized spacial score (nSPS) is 12.1. The SMILES string of the molecule is CCS(=O)(=O)c1c(C)nc2ccccn12. The number of nitrogens with zero attached hydrogens (tertiary/aromatic N) is 2. The number of hydrogen-bond acceptors (Lipinski definition) is 3. The molecule has 4 nitrogen and oxygen atoms in total. The molecule has 0 unspecified atom stereocenters. The van der Waals surface area contributed by atoms with Gasteiger partial charge in [0.15, 0.2) is 14.9 Å². The lowest BCUT2D eigenvalue weighted by Crippen LogP contribution is -2.08. The Labute approximate surface area is 88.5 Å². The van der Waals surface area contributed by atoms with Gasteiger partial charge in [-0.25, -0.2) is 13.4 Å². The molecule has 0 aliphatic heterocycles. The number of pyridine rings is 1. The molecular weight excluding hydrogens is 212 g/mol. The Morgan fingerprint density at radius 3 is 2.80 bits per heavy atom. The summed E-state index contributed by atoms with van der Waals surface area (Å²) in [6.07, 6.45) is 1.72. The van der Waals surface area contributed by atoms with Gasteiger partial charge in [-0.2, -0.15) is 0 Å². The number of aromatic nitrogens is 2. The maximum Gasteiger partial charge on any atom is 0.195 e. The highest BCUT2D eigenvalue weighted by molar-refractivity contribution is 7.91. The molecule has 80 valence electrons. The van der Waals surface area contributed by atoms with Gasteiger partial charge in [-0.05, 0) is 19.1 Å². The largest absolute Gasteiger partial charge is 0.290 e. The number of hydrogen-bond donors (Lipinski definition) is 0. The molecule has 0 N–H and O–H groups in total. The summed E-state index contributed by atoms with van der Waals surface area (Å²) in [5.41, 5.74) is 1.23. The third-order valence-corrected chi connectivity index (χ3v) is 4.16. The fourth-order valence-corrected chi connectivity index (χ4v) is 2.83. The van der Waals surface area contributed by atoms with E-state index in [1.165, 1.54) is 0 Å². The van der Waals surface area contributed by atoms with Crippen LogP contribution in [0.25, 0.3) is 5.65 Å². The molecule has 0 atom stereocenters. The Bertz CT molecular complexity index is 599. The Hall–Kier alpha value is -1.36. The van der Waals surface area contributed by atoms with E-state index in [2.05, 4.69) is 4.98 Å². The second-order valence-corrected chi connectivity index (χ2v) is 5.53. The van der Waals surface area contributed by atoms with E-state index < -0.39 is 9.84 Å². The first-order valence-corrected chi connectivity index (χ1v) is 6.38. The highest BCUT2D eigenvalue weighted by Gasteiger charge is 2.20. The van der Waals surface area contributed by atoms with Crippen molar-refractivity contribution in [1.82, 2.24) is 9.38 Å². The third-order valence-electron chi connectivity index (χ3n) is 2.32. The number of fused-ring (bicyclic) bond motifs is 1. The van der Waals surface area contributed by atoms with Crippen LogP contribution in [0.2, 0.25) is 0 Å². The molecule has 0 aliphatic carbocycles. The summed E-state index contributed by atoms with van der Waals surface area (Å²) < 4.78 is 25.3. The summed E-state index contributed by atoms with van der Waals surface area (Å²) in [6, 6.07) is 5.43. The van der Waals surface area contributed by atoms with Crippen LogP contribution < -0.4 is 0 Å². The van der Waals surface area contributed by atoms with Gasteiger partial charge in [0, 0.05) is 6.20 Å². The van der Waals surface area contributed by atoms with Gasteiger partial charge in [0.25, 0.3) is 0 Å². The van der Waals surface area contributed by atoms with Crippen LogP contribution in [0.15, 0.2) is 29.4 Å². The summed E-state index contributed by atoms with van der Waals surface area (Å²) in [5.74, 6) is 0.0938. The van der Waals surface area contributed by atoms with E-state index in [1.54, 1.807) is 36.6 Å². The van der Waals surface area contributed by atoms with Crippen LogP contribution >= 0.6 is 0 Å². The second kappa shape index (κ2) is 3.34. The molecule has 0 amide bonds. The van der Waals surface area contributed by atoms with Crippen molar-refractivity contribution in [2.75, 3.05) is 5.75 Å². The molecule has 2 rings (SSSR count). The molecule has 0 aliphatic rings. The highest BCUT2D eigenvalue weighted by atomic mass is 32.2. The molecule has 0 bridgehead atoms. The van der Waals surface area contributed by atoms with Gasteiger partial charge in [-0.1, -0.05) is 13.0 Å². The highest BCUT2D eigenvalue weighted by Crippen LogP contribution is 2.18. The first-order chi connectivity index (χ1) is 7.06. The minimum absolute atomic E-state index is 0.0938. The van der Waals surface area contributed by atoms with Crippen molar-refractivity contribution in [3.63, 3.8) is 0 Å². The Balaban J connectivity index is 2.87. The topological polar surface area (TPSA) is 51.4 Å². The Morgan fingerprint density at radius 1 is 1.40 bits per heavy atom. The summed E-state index contributed by atoms with van der Waals surface area (Å²) in [4.78, 5) is 4.21. The fraction of sp³-hybridized carbons (Fsp3) is 0.300. The van der Waals surface area contributed by atoms with E-state index >= 15 is 0 Å². The van der Waals surface area contributed by atoms with Crippen LogP contribution in [-0.2, 0) is 9.84 Å². The third kappa shape index (κ3) is 1.52. The maximum absolute atomic E-state index is 11.8. The standard InChI is InChI=1S/C10H12N2O2S/c1-3-15(13,14)10-8(2)11-9-6-4-5-7-12(9)10/h4-7H,3H2,1-2H3. The number of aryl methyl sites for hydroxylation is 1. The lowest BCUT2D eigenvalue weighted by atomic mass is 10.5. The van der Waals surface area contributed by atoms with Crippen molar-refractivity contribution in [2.45, 2.75) is 18.9 Å². The molecule has 0 spiro atoms. The molecule has 0 saturated heterocycles. The van der Waals surface area contributed by atoms with Crippen LogP contribution in [0.3, 0.4) is 0 Å². The summed E-state index contributed by atoms with van der Waals surface area (Å²) >= 11 is 0. The molecular formula is C10H12N2O2S.